The fourth-order valence-electron chi connectivity index (χ4n) is 8.68. The summed E-state index contributed by atoms with van der Waals surface area (Å²) in [5.41, 5.74) is 11.7. The molecular weight excluding hydrogens is 665 g/mol. The first-order valence-corrected chi connectivity index (χ1v) is 18.9. The van der Waals surface area contributed by atoms with Gasteiger partial charge in [0.2, 0.25) is 0 Å². The van der Waals surface area contributed by atoms with Crippen LogP contribution in [0, 0.1) is 0 Å². The molecule has 0 saturated heterocycles. The molecule has 53 heavy (non-hydrogen) atoms. The average molecular weight is 697 g/mol. The van der Waals surface area contributed by atoms with E-state index in [1.165, 1.54) is 64.2 Å². The van der Waals surface area contributed by atoms with Gasteiger partial charge in [0.15, 0.2) is 17.5 Å². The van der Waals surface area contributed by atoms with E-state index in [1.54, 1.807) is 0 Å². The molecule has 0 saturated carbocycles. The monoisotopic (exact) mass is 696 g/mol. The molecule has 1 aliphatic rings. The molecule has 5 heteroatoms. The molecule has 0 radical (unpaired) electrons. The second-order valence-corrected chi connectivity index (χ2v) is 15.4. The van der Waals surface area contributed by atoms with Gasteiger partial charge in [-0.1, -0.05) is 147 Å². The summed E-state index contributed by atoms with van der Waals surface area (Å²) < 4.78 is 5.10. The molecule has 10 aromatic rings. The smallest absolute Gasteiger partial charge is 0.164 e. The summed E-state index contributed by atoms with van der Waals surface area (Å²) in [6, 6.07) is 55.9. The number of thiophene rings is 1. The number of rotatable bonds is 4. The van der Waals surface area contributed by atoms with E-state index >= 15 is 0 Å². The average Bonchev–Trinajstić information content (AvgIpc) is 3.84. The first-order valence-electron chi connectivity index (χ1n) is 18.0. The van der Waals surface area contributed by atoms with Crippen molar-refractivity contribution < 1.29 is 0 Å². The standard InChI is InChI=1S/C48H32N4S/c1-48(2)36-25-12-9-22-33(36)39-40-35-24-11-14-27-38(35)53-44(40)43-41(42(39)48)34-23-10-13-26-37(34)52(43)32-21-15-20-31(28-32)47-50-45(29-16-5-3-6-17-29)49-46(51-47)30-18-7-4-8-19-30/h3-28H,1-2H3. The molecule has 7 aromatic carbocycles. The summed E-state index contributed by atoms with van der Waals surface area (Å²) in [5.74, 6) is 1.95. The van der Waals surface area contributed by atoms with Gasteiger partial charge in [-0.3, -0.25) is 0 Å². The Kier molecular flexibility index (Phi) is 6.43. The van der Waals surface area contributed by atoms with Crippen LogP contribution in [0.4, 0.5) is 0 Å². The van der Waals surface area contributed by atoms with Crippen LogP contribution in [-0.4, -0.2) is 19.5 Å². The van der Waals surface area contributed by atoms with Crippen molar-refractivity contribution in [1.29, 1.82) is 0 Å². The maximum Gasteiger partial charge on any atom is 0.164 e. The van der Waals surface area contributed by atoms with E-state index in [9.17, 15) is 0 Å². The lowest BCUT2D eigenvalue weighted by atomic mass is 9.80. The summed E-state index contributed by atoms with van der Waals surface area (Å²) in [4.78, 5) is 15.1. The van der Waals surface area contributed by atoms with Crippen LogP contribution in [-0.2, 0) is 5.41 Å². The van der Waals surface area contributed by atoms with Crippen molar-refractivity contribution in [3.8, 4) is 51.0 Å². The Hall–Kier alpha value is -6.43. The predicted octanol–water partition coefficient (Wildman–Crippen LogP) is 12.6. The molecular formula is C48H32N4S. The number of nitrogens with zero attached hydrogens (tertiary/aromatic N) is 4. The van der Waals surface area contributed by atoms with Gasteiger partial charge < -0.3 is 4.57 Å². The molecule has 0 N–H and O–H groups in total. The van der Waals surface area contributed by atoms with Gasteiger partial charge in [-0.2, -0.15) is 0 Å². The van der Waals surface area contributed by atoms with Crippen molar-refractivity contribution in [3.63, 3.8) is 0 Å². The zero-order chi connectivity index (χ0) is 35.3. The zero-order valence-corrected chi connectivity index (χ0v) is 30.0. The van der Waals surface area contributed by atoms with Gasteiger partial charge in [-0.05, 0) is 46.5 Å². The van der Waals surface area contributed by atoms with Crippen LogP contribution in [0.25, 0.3) is 93.0 Å². The van der Waals surface area contributed by atoms with Gasteiger partial charge in [0.25, 0.3) is 0 Å². The lowest BCUT2D eigenvalue weighted by Crippen LogP contribution is -2.15. The quantitative estimate of drug-likeness (QED) is 0.184. The Labute approximate surface area is 310 Å². The Morgan fingerprint density at radius 1 is 0.528 bits per heavy atom. The molecule has 0 amide bonds. The molecule has 1 aliphatic carbocycles. The largest absolute Gasteiger partial charge is 0.308 e. The van der Waals surface area contributed by atoms with E-state index < -0.39 is 0 Å². The maximum absolute atomic E-state index is 5.09. The Balaban J connectivity index is 1.23. The molecule has 3 aromatic heterocycles. The van der Waals surface area contributed by atoms with E-state index in [4.69, 9.17) is 15.0 Å². The van der Waals surface area contributed by atoms with Crippen LogP contribution in [0.3, 0.4) is 0 Å². The number of hydrogen-bond acceptors (Lipinski definition) is 4. The Bertz CT molecular complexity index is 3020. The number of hydrogen-bond donors (Lipinski definition) is 0. The molecule has 0 spiro atoms. The minimum Gasteiger partial charge on any atom is -0.308 e. The minimum absolute atomic E-state index is 0.190. The highest BCUT2D eigenvalue weighted by molar-refractivity contribution is 7.26. The summed E-state index contributed by atoms with van der Waals surface area (Å²) in [5, 5.41) is 5.26. The van der Waals surface area contributed by atoms with Gasteiger partial charge >= 0.3 is 0 Å². The summed E-state index contributed by atoms with van der Waals surface area (Å²) in [6.45, 7) is 4.80. The number of fused-ring (bicyclic) bond motifs is 12. The summed E-state index contributed by atoms with van der Waals surface area (Å²) in [6.07, 6.45) is 0. The zero-order valence-electron chi connectivity index (χ0n) is 29.2. The van der Waals surface area contributed by atoms with Gasteiger partial charge in [-0.15, -0.1) is 11.3 Å². The van der Waals surface area contributed by atoms with Crippen LogP contribution < -0.4 is 0 Å². The maximum atomic E-state index is 5.09. The molecule has 0 unspecified atom stereocenters. The van der Waals surface area contributed by atoms with Crippen LogP contribution in [0.2, 0.25) is 0 Å². The Morgan fingerprint density at radius 3 is 1.85 bits per heavy atom. The van der Waals surface area contributed by atoms with Crippen LogP contribution >= 0.6 is 11.3 Å². The van der Waals surface area contributed by atoms with Gasteiger partial charge in [0, 0.05) is 54.0 Å². The second kappa shape index (κ2) is 11.3. The lowest BCUT2D eigenvalue weighted by molar-refractivity contribution is 0.667. The third-order valence-corrected chi connectivity index (χ3v) is 12.2. The number of para-hydroxylation sites is 1. The summed E-state index contributed by atoms with van der Waals surface area (Å²) >= 11 is 1.90. The highest BCUT2D eigenvalue weighted by Crippen LogP contribution is 2.58. The number of benzene rings is 7. The molecule has 250 valence electrons. The SMILES string of the molecule is CC1(C)c2ccccc2-c2c1c1c3ccccc3n(-c3cccc(-c4nc(-c5ccccc5)nc(-c5ccccc5)n4)c3)c1c1sc3ccccc3c21. The number of aromatic nitrogens is 4. The fourth-order valence-corrected chi connectivity index (χ4v) is 9.93. The third kappa shape index (κ3) is 4.38. The first-order chi connectivity index (χ1) is 26.1. The van der Waals surface area contributed by atoms with E-state index in [-0.39, 0.29) is 5.41 Å². The molecule has 4 nitrogen and oxygen atoms in total. The first kappa shape index (κ1) is 30.2. The van der Waals surface area contributed by atoms with Crippen molar-refractivity contribution in [3.05, 3.63) is 169 Å². The minimum atomic E-state index is -0.190. The highest BCUT2D eigenvalue weighted by atomic mass is 32.1. The van der Waals surface area contributed by atoms with E-state index in [1.807, 2.05) is 47.7 Å². The van der Waals surface area contributed by atoms with Crippen molar-refractivity contribution in [1.82, 2.24) is 19.5 Å². The van der Waals surface area contributed by atoms with Crippen LogP contribution in [0.1, 0.15) is 25.0 Å². The summed E-state index contributed by atoms with van der Waals surface area (Å²) in [7, 11) is 0. The van der Waals surface area contributed by atoms with Crippen molar-refractivity contribution in [2.75, 3.05) is 0 Å². The van der Waals surface area contributed by atoms with E-state index in [0.29, 0.717) is 17.5 Å². The molecule has 0 fully saturated rings. The van der Waals surface area contributed by atoms with Gasteiger partial charge in [-0.25, -0.2) is 15.0 Å². The van der Waals surface area contributed by atoms with Crippen molar-refractivity contribution in [2.24, 2.45) is 0 Å². The van der Waals surface area contributed by atoms with Crippen LogP contribution in [0.5, 0.6) is 0 Å². The van der Waals surface area contributed by atoms with E-state index in [0.717, 1.165) is 22.4 Å². The normalized spacial score (nSPS) is 13.2. The lowest BCUT2D eigenvalue weighted by Gasteiger charge is -2.23. The van der Waals surface area contributed by atoms with Gasteiger partial charge in [0.05, 0.1) is 15.7 Å². The molecule has 0 bridgehead atoms. The highest BCUT2D eigenvalue weighted by Gasteiger charge is 2.40. The topological polar surface area (TPSA) is 43.6 Å². The third-order valence-electron chi connectivity index (χ3n) is 11.0. The van der Waals surface area contributed by atoms with Crippen LogP contribution in [0.15, 0.2) is 158 Å². The van der Waals surface area contributed by atoms with Gasteiger partial charge in [0.1, 0.15) is 0 Å². The molecule has 3 heterocycles. The fraction of sp³-hybridized carbons (Fsp3) is 0.0625. The molecule has 0 atom stereocenters. The Morgan fingerprint density at radius 2 is 1.11 bits per heavy atom. The second-order valence-electron chi connectivity index (χ2n) is 14.4. The van der Waals surface area contributed by atoms with E-state index in [2.05, 4.69) is 140 Å². The predicted molar refractivity (Wildman–Crippen MR) is 221 cm³/mol. The molecule has 11 rings (SSSR count). The molecule has 0 aliphatic heterocycles. The van der Waals surface area contributed by atoms with Crippen molar-refractivity contribution in [2.45, 2.75) is 19.3 Å². The van der Waals surface area contributed by atoms with Crippen molar-refractivity contribution >= 4 is 53.3 Å².